The molecule has 1 fully saturated rings. The molecule has 0 spiro atoms. The van der Waals surface area contributed by atoms with Crippen molar-refractivity contribution in [3.05, 3.63) is 23.8 Å². The van der Waals surface area contributed by atoms with Gasteiger partial charge < -0.3 is 16.4 Å². The number of carbonyl (C=O) groups excluding carboxylic acids is 1. The number of carbonyl (C=O) groups is 1. The Hall–Kier alpha value is -1.71. The molecule has 4 nitrogen and oxygen atoms in total. The van der Waals surface area contributed by atoms with E-state index in [1.807, 2.05) is 4.90 Å². The van der Waals surface area contributed by atoms with Crippen molar-refractivity contribution in [1.82, 2.24) is 4.90 Å². The normalized spacial score (nSPS) is 19.2. The molecule has 1 unspecified atom stereocenters. The summed E-state index contributed by atoms with van der Waals surface area (Å²) in [5.74, 6) is 0.699. The number of nitrogen functional groups attached to an aromatic ring is 2. The van der Waals surface area contributed by atoms with Crippen LogP contribution in [-0.2, 0) is 0 Å². The Morgan fingerprint density at radius 2 is 2.00 bits per heavy atom. The fourth-order valence-corrected chi connectivity index (χ4v) is 2.64. The van der Waals surface area contributed by atoms with Crippen molar-refractivity contribution in [3.63, 3.8) is 0 Å². The number of benzene rings is 1. The second-order valence-electron chi connectivity index (χ2n) is 5.08. The molecule has 1 atom stereocenters. The molecule has 1 aliphatic heterocycles. The summed E-state index contributed by atoms with van der Waals surface area (Å²) >= 11 is 0. The van der Waals surface area contributed by atoms with E-state index in [4.69, 9.17) is 11.5 Å². The highest BCUT2D eigenvalue weighted by molar-refractivity contribution is 5.96. The van der Waals surface area contributed by atoms with Gasteiger partial charge in [0.2, 0.25) is 0 Å². The molecule has 1 aliphatic rings. The predicted octanol–water partition coefficient (Wildman–Crippen LogP) is 2.11. The summed E-state index contributed by atoms with van der Waals surface area (Å²) in [6.07, 6.45) is 3.48. The van der Waals surface area contributed by atoms with Crippen LogP contribution in [0.3, 0.4) is 0 Å². The zero-order valence-corrected chi connectivity index (χ0v) is 10.9. The van der Waals surface area contributed by atoms with Gasteiger partial charge in [0.15, 0.2) is 0 Å². The molecule has 1 aromatic carbocycles. The van der Waals surface area contributed by atoms with Crippen LogP contribution in [0.1, 0.15) is 36.5 Å². The number of hydrogen-bond donors (Lipinski definition) is 2. The maximum atomic E-state index is 12.3. The van der Waals surface area contributed by atoms with Crippen LogP contribution >= 0.6 is 0 Å². The van der Waals surface area contributed by atoms with Crippen molar-refractivity contribution in [3.8, 4) is 0 Å². The van der Waals surface area contributed by atoms with E-state index in [-0.39, 0.29) is 5.91 Å². The minimum Gasteiger partial charge on any atom is -0.399 e. The third kappa shape index (κ3) is 2.75. The molecule has 1 aromatic rings. The molecular weight excluding hydrogens is 226 g/mol. The first-order chi connectivity index (χ1) is 8.60. The topological polar surface area (TPSA) is 72.3 Å². The van der Waals surface area contributed by atoms with Gasteiger partial charge in [-0.15, -0.1) is 0 Å². The van der Waals surface area contributed by atoms with E-state index >= 15 is 0 Å². The molecule has 0 radical (unpaired) electrons. The molecule has 2 rings (SSSR count). The van der Waals surface area contributed by atoms with Gasteiger partial charge in [-0.1, -0.05) is 13.3 Å². The Morgan fingerprint density at radius 3 is 2.61 bits per heavy atom. The molecule has 1 heterocycles. The molecule has 1 saturated heterocycles. The number of amides is 1. The second-order valence-corrected chi connectivity index (χ2v) is 5.08. The zero-order chi connectivity index (χ0) is 13.1. The van der Waals surface area contributed by atoms with Gasteiger partial charge in [0.05, 0.1) is 0 Å². The molecule has 1 amide bonds. The van der Waals surface area contributed by atoms with Crippen LogP contribution in [0.2, 0.25) is 0 Å². The van der Waals surface area contributed by atoms with Crippen LogP contribution in [0.25, 0.3) is 0 Å². The summed E-state index contributed by atoms with van der Waals surface area (Å²) in [4.78, 5) is 14.2. The SMILES string of the molecule is CCCC1CCN(C(=O)c2cc(N)cc(N)c2)C1. The predicted molar refractivity (Wildman–Crippen MR) is 74.2 cm³/mol. The Labute approximate surface area is 108 Å². The van der Waals surface area contributed by atoms with Crippen LogP contribution in [0, 0.1) is 5.92 Å². The minimum atomic E-state index is 0.0487. The average molecular weight is 247 g/mol. The van der Waals surface area contributed by atoms with Gasteiger partial charge in [-0.2, -0.15) is 0 Å². The average Bonchev–Trinajstić information content (AvgIpc) is 2.76. The van der Waals surface area contributed by atoms with Crippen LogP contribution < -0.4 is 11.5 Å². The van der Waals surface area contributed by atoms with Crippen molar-refractivity contribution in [2.75, 3.05) is 24.6 Å². The van der Waals surface area contributed by atoms with Crippen molar-refractivity contribution in [2.45, 2.75) is 26.2 Å². The minimum absolute atomic E-state index is 0.0487. The summed E-state index contributed by atoms with van der Waals surface area (Å²) < 4.78 is 0. The summed E-state index contributed by atoms with van der Waals surface area (Å²) in [6.45, 7) is 3.89. The van der Waals surface area contributed by atoms with Gasteiger partial charge in [-0.3, -0.25) is 4.79 Å². The molecule has 4 heteroatoms. The lowest BCUT2D eigenvalue weighted by molar-refractivity contribution is 0.0786. The first-order valence-corrected chi connectivity index (χ1v) is 6.55. The fourth-order valence-electron chi connectivity index (χ4n) is 2.64. The third-order valence-electron chi connectivity index (χ3n) is 3.49. The van der Waals surface area contributed by atoms with Crippen molar-refractivity contribution < 1.29 is 4.79 Å². The molecule has 0 aromatic heterocycles. The zero-order valence-electron chi connectivity index (χ0n) is 10.9. The molecule has 0 bridgehead atoms. The van der Waals surface area contributed by atoms with E-state index in [0.717, 1.165) is 19.5 Å². The number of anilines is 2. The maximum absolute atomic E-state index is 12.3. The van der Waals surface area contributed by atoms with E-state index in [0.29, 0.717) is 22.9 Å². The number of nitrogens with two attached hydrogens (primary N) is 2. The third-order valence-corrected chi connectivity index (χ3v) is 3.49. The Kier molecular flexibility index (Phi) is 3.75. The highest BCUT2D eigenvalue weighted by Gasteiger charge is 2.26. The van der Waals surface area contributed by atoms with Crippen molar-refractivity contribution in [1.29, 1.82) is 0 Å². The van der Waals surface area contributed by atoms with Gasteiger partial charge in [0, 0.05) is 30.0 Å². The monoisotopic (exact) mass is 247 g/mol. The Bertz CT molecular complexity index is 424. The second kappa shape index (κ2) is 5.29. The van der Waals surface area contributed by atoms with Gasteiger partial charge in [0.25, 0.3) is 5.91 Å². The van der Waals surface area contributed by atoms with E-state index in [2.05, 4.69) is 6.92 Å². The van der Waals surface area contributed by atoms with Gasteiger partial charge in [0.1, 0.15) is 0 Å². The number of nitrogens with zero attached hydrogens (tertiary/aromatic N) is 1. The molecule has 98 valence electrons. The van der Waals surface area contributed by atoms with Crippen LogP contribution in [-0.4, -0.2) is 23.9 Å². The fraction of sp³-hybridized carbons (Fsp3) is 0.500. The van der Waals surface area contributed by atoms with Gasteiger partial charge in [-0.25, -0.2) is 0 Å². The molecule has 0 saturated carbocycles. The number of hydrogen-bond acceptors (Lipinski definition) is 3. The summed E-state index contributed by atoms with van der Waals surface area (Å²) in [7, 11) is 0. The first-order valence-electron chi connectivity index (χ1n) is 6.55. The quantitative estimate of drug-likeness (QED) is 0.803. The van der Waals surface area contributed by atoms with E-state index in [1.54, 1.807) is 18.2 Å². The Balaban J connectivity index is 2.08. The van der Waals surface area contributed by atoms with Gasteiger partial charge in [-0.05, 0) is 37.0 Å². The molecule has 0 aliphatic carbocycles. The van der Waals surface area contributed by atoms with Crippen LogP contribution in [0.15, 0.2) is 18.2 Å². The van der Waals surface area contributed by atoms with Crippen LogP contribution in [0.4, 0.5) is 11.4 Å². The largest absolute Gasteiger partial charge is 0.399 e. The first kappa shape index (κ1) is 12.7. The maximum Gasteiger partial charge on any atom is 0.254 e. The standard InChI is InChI=1S/C14H21N3O/c1-2-3-10-4-5-17(9-10)14(18)11-6-12(15)8-13(16)7-11/h6-8,10H,2-5,9,15-16H2,1H3. The molecule has 18 heavy (non-hydrogen) atoms. The lowest BCUT2D eigenvalue weighted by atomic mass is 10.0. The summed E-state index contributed by atoms with van der Waals surface area (Å²) in [5.41, 5.74) is 13.1. The van der Waals surface area contributed by atoms with Crippen molar-refractivity contribution >= 4 is 17.3 Å². The highest BCUT2D eigenvalue weighted by atomic mass is 16.2. The molecular formula is C14H21N3O. The van der Waals surface area contributed by atoms with E-state index < -0.39 is 0 Å². The van der Waals surface area contributed by atoms with Crippen LogP contribution in [0.5, 0.6) is 0 Å². The lowest BCUT2D eigenvalue weighted by Crippen LogP contribution is -2.28. The van der Waals surface area contributed by atoms with E-state index in [1.165, 1.54) is 12.8 Å². The highest BCUT2D eigenvalue weighted by Crippen LogP contribution is 2.23. The van der Waals surface area contributed by atoms with E-state index in [9.17, 15) is 4.79 Å². The van der Waals surface area contributed by atoms with Crippen molar-refractivity contribution in [2.24, 2.45) is 5.92 Å². The summed E-state index contributed by atoms with van der Waals surface area (Å²) in [5, 5.41) is 0. The smallest absolute Gasteiger partial charge is 0.254 e. The van der Waals surface area contributed by atoms with Gasteiger partial charge >= 0.3 is 0 Å². The Morgan fingerprint density at radius 1 is 1.33 bits per heavy atom. The number of likely N-dealkylation sites (tertiary alicyclic amines) is 1. The number of rotatable bonds is 3. The summed E-state index contributed by atoms with van der Waals surface area (Å²) in [6, 6.07) is 5.07. The lowest BCUT2D eigenvalue weighted by Gasteiger charge is -2.17. The molecule has 4 N–H and O–H groups in total.